The van der Waals surface area contributed by atoms with Crippen molar-refractivity contribution in [3.8, 4) is 0 Å². The van der Waals surface area contributed by atoms with Crippen molar-refractivity contribution in [3.05, 3.63) is 107 Å². The molecule has 2 atom stereocenters. The Labute approximate surface area is 177 Å². The lowest BCUT2D eigenvalue weighted by Crippen LogP contribution is -2.24. The summed E-state index contributed by atoms with van der Waals surface area (Å²) in [6.07, 6.45) is 0. The van der Waals surface area contributed by atoms with Crippen molar-refractivity contribution in [1.29, 1.82) is 0 Å². The van der Waals surface area contributed by atoms with Gasteiger partial charge >= 0.3 is 5.97 Å². The lowest BCUT2D eigenvalue weighted by Gasteiger charge is -2.16. The minimum atomic E-state index is -0.738. The smallest absolute Gasteiger partial charge is 0.308 e. The lowest BCUT2D eigenvalue weighted by atomic mass is 9.89. The van der Waals surface area contributed by atoms with E-state index in [1.54, 1.807) is 0 Å². The fourth-order valence-electron chi connectivity index (χ4n) is 4.23. The van der Waals surface area contributed by atoms with Gasteiger partial charge in [-0.25, -0.2) is 0 Å². The molecule has 1 aliphatic rings. The molecule has 1 fully saturated rings. The van der Waals surface area contributed by atoms with Crippen LogP contribution in [0.3, 0.4) is 0 Å². The topological polar surface area (TPSA) is 52.9 Å². The third-order valence-corrected chi connectivity index (χ3v) is 5.82. The minimum absolute atomic E-state index is 0.0162. The van der Waals surface area contributed by atoms with E-state index < -0.39 is 11.9 Å². The van der Waals surface area contributed by atoms with Gasteiger partial charge in [0.15, 0.2) is 0 Å². The monoisotopic (exact) mass is 398 g/mol. The van der Waals surface area contributed by atoms with Gasteiger partial charge in [-0.1, -0.05) is 84.9 Å². The van der Waals surface area contributed by atoms with E-state index >= 15 is 0 Å². The molecule has 3 aromatic rings. The third kappa shape index (κ3) is 4.34. The van der Waals surface area contributed by atoms with Crippen LogP contribution >= 0.6 is 0 Å². The zero-order valence-corrected chi connectivity index (χ0v) is 17.1. The zero-order valence-electron chi connectivity index (χ0n) is 17.1. The highest BCUT2D eigenvalue weighted by Crippen LogP contribution is 2.32. The predicted molar refractivity (Wildman–Crippen MR) is 120 cm³/mol. The summed E-state index contributed by atoms with van der Waals surface area (Å²) in [5.74, 6) is -1.17. The standard InChI is InChI=1S/C26H26N2O2/c1-19-10-8-9-15-22(19)25(21-13-6-3-7-14-21)27-18-28-16-23(24(17-28)26(29)30)20-11-4-2-5-12-20/h2-15,23-24H,16-18H2,1H3,(H,29,30)/b27-25-. The second kappa shape index (κ2) is 9.06. The number of carboxylic acid groups (broad SMARTS) is 1. The van der Waals surface area contributed by atoms with Crippen LogP contribution < -0.4 is 0 Å². The number of aliphatic carboxylic acids is 1. The molecule has 0 spiro atoms. The van der Waals surface area contributed by atoms with Gasteiger partial charge in [-0.3, -0.25) is 14.7 Å². The first kappa shape index (κ1) is 20.0. The molecule has 1 aliphatic heterocycles. The van der Waals surface area contributed by atoms with Crippen molar-refractivity contribution in [3.63, 3.8) is 0 Å². The fourth-order valence-corrected chi connectivity index (χ4v) is 4.23. The first-order valence-electron chi connectivity index (χ1n) is 10.3. The molecule has 1 N–H and O–H groups in total. The number of hydrogen-bond donors (Lipinski definition) is 1. The van der Waals surface area contributed by atoms with E-state index in [0.717, 1.165) is 22.4 Å². The molecule has 4 heteroatoms. The van der Waals surface area contributed by atoms with Gasteiger partial charge in [-0.05, 0) is 18.1 Å². The molecule has 152 valence electrons. The van der Waals surface area contributed by atoms with Crippen LogP contribution in [0.1, 0.15) is 28.2 Å². The lowest BCUT2D eigenvalue weighted by molar-refractivity contribution is -0.141. The minimum Gasteiger partial charge on any atom is -0.481 e. The van der Waals surface area contributed by atoms with Crippen LogP contribution in [0.2, 0.25) is 0 Å². The first-order chi connectivity index (χ1) is 14.6. The summed E-state index contributed by atoms with van der Waals surface area (Å²) in [5.41, 5.74) is 5.38. The average molecular weight is 399 g/mol. The molecule has 3 aromatic carbocycles. The van der Waals surface area contributed by atoms with Gasteiger partial charge in [-0.2, -0.15) is 0 Å². The molecule has 0 radical (unpaired) electrons. The van der Waals surface area contributed by atoms with Crippen LogP contribution in [-0.4, -0.2) is 41.4 Å². The number of hydrogen-bond acceptors (Lipinski definition) is 3. The Balaban J connectivity index is 1.61. The number of carbonyl (C=O) groups is 1. The SMILES string of the molecule is Cc1ccccc1/C(=N\CN1CC(C(=O)O)C(c2ccccc2)C1)c1ccccc1. The van der Waals surface area contributed by atoms with Crippen molar-refractivity contribution in [2.45, 2.75) is 12.8 Å². The number of carboxylic acids is 1. The van der Waals surface area contributed by atoms with E-state index in [-0.39, 0.29) is 5.92 Å². The van der Waals surface area contributed by atoms with Crippen LogP contribution in [-0.2, 0) is 4.79 Å². The summed E-state index contributed by atoms with van der Waals surface area (Å²) in [5, 5.41) is 9.77. The van der Waals surface area contributed by atoms with Gasteiger partial charge in [0.25, 0.3) is 0 Å². The van der Waals surface area contributed by atoms with Gasteiger partial charge in [0.1, 0.15) is 0 Å². The van der Waals surface area contributed by atoms with E-state index in [9.17, 15) is 9.90 Å². The Morgan fingerprint density at radius 2 is 1.57 bits per heavy atom. The van der Waals surface area contributed by atoms with Gasteiger partial charge < -0.3 is 5.11 Å². The molecule has 0 saturated carbocycles. The average Bonchev–Trinajstić information content (AvgIpc) is 3.21. The van der Waals surface area contributed by atoms with Crippen LogP contribution in [0.25, 0.3) is 0 Å². The van der Waals surface area contributed by atoms with E-state index in [1.807, 2.05) is 60.7 Å². The molecule has 4 rings (SSSR count). The molecule has 0 amide bonds. The van der Waals surface area contributed by atoms with Crippen LogP contribution in [0.15, 0.2) is 89.9 Å². The molecule has 0 bridgehead atoms. The fraction of sp³-hybridized carbons (Fsp3) is 0.231. The van der Waals surface area contributed by atoms with E-state index in [2.05, 4.69) is 36.1 Å². The highest BCUT2D eigenvalue weighted by atomic mass is 16.4. The molecular weight excluding hydrogens is 372 g/mol. The predicted octanol–water partition coefficient (Wildman–Crippen LogP) is 4.59. The molecular formula is C26H26N2O2. The van der Waals surface area contributed by atoms with Crippen molar-refractivity contribution in [1.82, 2.24) is 4.90 Å². The number of aliphatic imine (C=N–C) groups is 1. The summed E-state index contributed by atoms with van der Waals surface area (Å²) >= 11 is 0. The van der Waals surface area contributed by atoms with Crippen molar-refractivity contribution >= 4 is 11.7 Å². The zero-order chi connectivity index (χ0) is 20.9. The number of aryl methyl sites for hydroxylation is 1. The molecule has 4 nitrogen and oxygen atoms in total. The number of likely N-dealkylation sites (tertiary alicyclic amines) is 1. The third-order valence-electron chi connectivity index (χ3n) is 5.82. The molecule has 30 heavy (non-hydrogen) atoms. The second-order valence-electron chi connectivity index (χ2n) is 7.83. The Hall–Kier alpha value is -3.24. The Bertz CT molecular complexity index is 1030. The van der Waals surface area contributed by atoms with Crippen molar-refractivity contribution < 1.29 is 9.90 Å². The van der Waals surface area contributed by atoms with E-state index in [4.69, 9.17) is 4.99 Å². The van der Waals surface area contributed by atoms with Crippen LogP contribution in [0.4, 0.5) is 0 Å². The summed E-state index contributed by atoms with van der Waals surface area (Å²) in [6, 6.07) is 28.4. The largest absolute Gasteiger partial charge is 0.481 e. The number of rotatable bonds is 6. The molecule has 0 aromatic heterocycles. The highest BCUT2D eigenvalue weighted by molar-refractivity contribution is 6.13. The van der Waals surface area contributed by atoms with Crippen LogP contribution in [0.5, 0.6) is 0 Å². The van der Waals surface area contributed by atoms with Crippen molar-refractivity contribution in [2.24, 2.45) is 10.9 Å². The molecule has 2 unspecified atom stereocenters. The Morgan fingerprint density at radius 1 is 0.933 bits per heavy atom. The normalized spacial score (nSPS) is 19.7. The number of benzene rings is 3. The van der Waals surface area contributed by atoms with Gasteiger partial charge in [0, 0.05) is 30.1 Å². The van der Waals surface area contributed by atoms with Gasteiger partial charge in [0.05, 0.1) is 18.3 Å². The molecule has 0 aliphatic carbocycles. The Morgan fingerprint density at radius 3 is 2.23 bits per heavy atom. The summed E-state index contributed by atoms with van der Waals surface area (Å²) in [6.45, 7) is 3.77. The summed E-state index contributed by atoms with van der Waals surface area (Å²) in [4.78, 5) is 19.0. The van der Waals surface area contributed by atoms with Gasteiger partial charge in [0.2, 0.25) is 0 Å². The highest BCUT2D eigenvalue weighted by Gasteiger charge is 2.38. The second-order valence-corrected chi connectivity index (χ2v) is 7.83. The summed E-state index contributed by atoms with van der Waals surface area (Å²) in [7, 11) is 0. The maximum atomic E-state index is 11.9. The molecule has 1 saturated heterocycles. The maximum absolute atomic E-state index is 11.9. The van der Waals surface area contributed by atoms with Crippen molar-refractivity contribution in [2.75, 3.05) is 19.8 Å². The summed E-state index contributed by atoms with van der Waals surface area (Å²) < 4.78 is 0. The van der Waals surface area contributed by atoms with Gasteiger partial charge in [-0.15, -0.1) is 0 Å². The molecule has 1 heterocycles. The first-order valence-corrected chi connectivity index (χ1v) is 10.3. The van der Waals surface area contributed by atoms with E-state index in [1.165, 1.54) is 5.56 Å². The number of nitrogens with zero attached hydrogens (tertiary/aromatic N) is 2. The van der Waals surface area contributed by atoms with E-state index in [0.29, 0.717) is 19.8 Å². The maximum Gasteiger partial charge on any atom is 0.308 e. The van der Waals surface area contributed by atoms with Crippen LogP contribution in [0, 0.1) is 12.8 Å². The Kier molecular flexibility index (Phi) is 6.05. The quantitative estimate of drug-likeness (QED) is 0.618.